The third-order valence-electron chi connectivity index (χ3n) is 6.83. The zero-order valence-electron chi connectivity index (χ0n) is 18.2. The topological polar surface area (TPSA) is 61.9 Å². The van der Waals surface area contributed by atoms with Crippen molar-refractivity contribution in [1.29, 1.82) is 0 Å². The Morgan fingerprint density at radius 1 is 1.22 bits per heavy atom. The van der Waals surface area contributed by atoms with Gasteiger partial charge in [-0.1, -0.05) is 29.8 Å². The van der Waals surface area contributed by atoms with E-state index in [9.17, 15) is 4.79 Å². The summed E-state index contributed by atoms with van der Waals surface area (Å²) in [7, 11) is 2.19. The monoisotopic (exact) mass is 446 g/mol. The van der Waals surface area contributed by atoms with Crippen molar-refractivity contribution in [1.82, 2.24) is 19.9 Å². The lowest BCUT2D eigenvalue weighted by molar-refractivity contribution is 0.0980. The number of ketones is 1. The molecule has 1 saturated heterocycles. The molecule has 1 aliphatic carbocycles. The molecule has 5 nitrogen and oxygen atoms in total. The number of fused-ring (bicyclic) bond motifs is 2. The molecule has 6 heteroatoms. The summed E-state index contributed by atoms with van der Waals surface area (Å²) in [6, 6.07) is 10.4. The van der Waals surface area contributed by atoms with Gasteiger partial charge in [-0.15, -0.1) is 0 Å². The second-order valence-corrected chi connectivity index (χ2v) is 9.31. The van der Waals surface area contributed by atoms with E-state index in [0.29, 0.717) is 24.5 Å². The van der Waals surface area contributed by atoms with Gasteiger partial charge in [-0.05, 0) is 85.8 Å². The Morgan fingerprint density at radius 2 is 2.06 bits per heavy atom. The molecule has 0 spiro atoms. The van der Waals surface area contributed by atoms with Gasteiger partial charge in [-0.2, -0.15) is 0 Å². The van der Waals surface area contributed by atoms with Crippen LogP contribution < -0.4 is 0 Å². The van der Waals surface area contributed by atoms with Gasteiger partial charge in [0, 0.05) is 29.8 Å². The van der Waals surface area contributed by atoms with Crippen LogP contribution in [0.25, 0.3) is 11.6 Å². The highest BCUT2D eigenvalue weighted by molar-refractivity contribution is 6.30. The Kier molecular flexibility index (Phi) is 5.94. The fraction of sp³-hybridized carbons (Fsp3) is 0.346. The van der Waals surface area contributed by atoms with Crippen LogP contribution in [0.4, 0.5) is 0 Å². The number of aromatic nitrogens is 3. The third-order valence-corrected chi connectivity index (χ3v) is 7.07. The first-order valence-corrected chi connectivity index (χ1v) is 11.6. The van der Waals surface area contributed by atoms with Crippen molar-refractivity contribution in [2.75, 3.05) is 20.1 Å². The minimum absolute atomic E-state index is 0.0417. The Balaban J connectivity index is 1.55. The number of imidazole rings is 1. The van der Waals surface area contributed by atoms with Crippen molar-refractivity contribution in [2.24, 2.45) is 5.92 Å². The number of hydrogen-bond donors (Lipinski definition) is 1. The number of likely N-dealkylation sites (tertiary alicyclic amines) is 1. The quantitative estimate of drug-likeness (QED) is 0.529. The second kappa shape index (κ2) is 9.00. The summed E-state index contributed by atoms with van der Waals surface area (Å²) in [6.45, 7) is 2.20. The number of pyridine rings is 1. The van der Waals surface area contributed by atoms with Gasteiger partial charge < -0.3 is 9.88 Å². The lowest BCUT2D eigenvalue weighted by atomic mass is 9.76. The number of piperidine rings is 1. The van der Waals surface area contributed by atoms with E-state index < -0.39 is 0 Å². The van der Waals surface area contributed by atoms with Crippen molar-refractivity contribution >= 4 is 29.0 Å². The largest absolute Gasteiger partial charge is 0.350 e. The molecule has 1 aliphatic heterocycles. The molecule has 1 aromatic carbocycles. The first-order valence-electron chi connectivity index (χ1n) is 11.3. The Hall–Kier alpha value is -2.76. The number of nitrogens with zero attached hydrogens (tertiary/aromatic N) is 3. The smallest absolute Gasteiger partial charge is 0.183 e. The second-order valence-electron chi connectivity index (χ2n) is 8.88. The SMILES string of the molecule is CN1CCC(C2c3ccc(Cl)cc3C=C(CCC(=O)c3c[nH]cn3)c3cccnc32)CC1. The number of H-pyrrole nitrogens is 1. The summed E-state index contributed by atoms with van der Waals surface area (Å²) < 4.78 is 0. The number of rotatable bonds is 5. The third kappa shape index (κ3) is 4.15. The minimum Gasteiger partial charge on any atom is -0.350 e. The van der Waals surface area contributed by atoms with Crippen LogP contribution in [0.15, 0.2) is 49.1 Å². The number of nitrogens with one attached hydrogen (secondary N) is 1. The molecule has 2 aromatic heterocycles. The molecule has 2 aliphatic rings. The van der Waals surface area contributed by atoms with Crippen molar-refractivity contribution in [3.05, 3.63) is 82.2 Å². The molecule has 1 fully saturated rings. The lowest BCUT2D eigenvalue weighted by Gasteiger charge is -2.35. The summed E-state index contributed by atoms with van der Waals surface area (Å²) in [6.07, 6.45) is 10.6. The fourth-order valence-electron chi connectivity index (χ4n) is 5.14. The first kappa shape index (κ1) is 21.1. The molecule has 3 aromatic rings. The van der Waals surface area contributed by atoms with Crippen LogP contribution in [0.1, 0.15) is 64.5 Å². The zero-order valence-corrected chi connectivity index (χ0v) is 19.0. The molecule has 0 radical (unpaired) electrons. The number of hydrogen-bond acceptors (Lipinski definition) is 4. The first-order chi connectivity index (χ1) is 15.6. The van der Waals surface area contributed by atoms with Crippen LogP contribution in [0.5, 0.6) is 0 Å². The van der Waals surface area contributed by atoms with E-state index in [0.717, 1.165) is 53.3 Å². The minimum atomic E-state index is 0.0417. The van der Waals surface area contributed by atoms with Crippen LogP contribution in [0.2, 0.25) is 5.02 Å². The van der Waals surface area contributed by atoms with Gasteiger partial charge in [0.05, 0.1) is 12.0 Å². The molecule has 0 amide bonds. The Bertz CT molecular complexity index is 1150. The van der Waals surface area contributed by atoms with E-state index in [-0.39, 0.29) is 11.7 Å². The fourth-order valence-corrected chi connectivity index (χ4v) is 5.32. The molecule has 164 valence electrons. The van der Waals surface area contributed by atoms with Crippen LogP contribution in [0.3, 0.4) is 0 Å². The maximum absolute atomic E-state index is 12.6. The van der Waals surface area contributed by atoms with Crippen molar-refractivity contribution < 1.29 is 4.79 Å². The van der Waals surface area contributed by atoms with E-state index in [2.05, 4.69) is 46.2 Å². The number of benzene rings is 1. The molecule has 32 heavy (non-hydrogen) atoms. The number of allylic oxidation sites excluding steroid dienone is 1. The Labute approximate surface area is 193 Å². The average molecular weight is 447 g/mol. The zero-order chi connectivity index (χ0) is 22.1. The predicted molar refractivity (Wildman–Crippen MR) is 128 cm³/mol. The van der Waals surface area contributed by atoms with Gasteiger partial charge in [0.25, 0.3) is 0 Å². The average Bonchev–Trinajstić information content (AvgIpc) is 3.30. The number of Topliss-reactive ketones (excluding diaryl/α,β-unsaturated/α-hetero) is 1. The molecule has 1 unspecified atom stereocenters. The van der Waals surface area contributed by atoms with Crippen LogP contribution in [0, 0.1) is 5.92 Å². The van der Waals surface area contributed by atoms with E-state index >= 15 is 0 Å². The molecule has 3 heterocycles. The highest BCUT2D eigenvalue weighted by atomic mass is 35.5. The summed E-state index contributed by atoms with van der Waals surface area (Å²) in [5.74, 6) is 0.793. The van der Waals surface area contributed by atoms with Gasteiger partial charge >= 0.3 is 0 Å². The maximum Gasteiger partial charge on any atom is 0.183 e. The summed E-state index contributed by atoms with van der Waals surface area (Å²) in [4.78, 5) is 26.9. The van der Waals surface area contributed by atoms with Gasteiger partial charge in [-0.3, -0.25) is 9.78 Å². The van der Waals surface area contributed by atoms with E-state index in [1.807, 2.05) is 18.3 Å². The van der Waals surface area contributed by atoms with Crippen molar-refractivity contribution in [2.45, 2.75) is 31.6 Å². The maximum atomic E-state index is 12.6. The summed E-state index contributed by atoms with van der Waals surface area (Å²) in [5, 5.41) is 0.730. The molecule has 0 bridgehead atoms. The number of halogens is 1. The van der Waals surface area contributed by atoms with Crippen LogP contribution >= 0.6 is 11.6 Å². The van der Waals surface area contributed by atoms with Crippen LogP contribution in [-0.2, 0) is 0 Å². The molecular formula is C26H27ClN4O. The molecule has 1 atom stereocenters. The van der Waals surface area contributed by atoms with Crippen molar-refractivity contribution in [3.63, 3.8) is 0 Å². The van der Waals surface area contributed by atoms with E-state index in [4.69, 9.17) is 16.6 Å². The van der Waals surface area contributed by atoms with Gasteiger partial charge in [0.2, 0.25) is 0 Å². The van der Waals surface area contributed by atoms with Crippen LogP contribution in [-0.4, -0.2) is 45.8 Å². The summed E-state index contributed by atoms with van der Waals surface area (Å²) >= 11 is 6.42. The number of carbonyl (C=O) groups is 1. The lowest BCUT2D eigenvalue weighted by Crippen LogP contribution is -2.33. The van der Waals surface area contributed by atoms with E-state index in [1.165, 1.54) is 5.56 Å². The summed E-state index contributed by atoms with van der Waals surface area (Å²) in [5.41, 5.74) is 6.33. The van der Waals surface area contributed by atoms with Gasteiger partial charge in [-0.25, -0.2) is 4.98 Å². The normalized spacial score (nSPS) is 19.1. The predicted octanol–water partition coefficient (Wildman–Crippen LogP) is 5.45. The van der Waals surface area contributed by atoms with Gasteiger partial charge in [0.15, 0.2) is 5.78 Å². The molecule has 5 rings (SSSR count). The standard InChI is InChI=1S/C26H27ClN4O/c1-31-11-8-17(9-12-31)25-21-6-5-20(27)14-19(21)13-18(22-3-2-10-29-26(22)25)4-7-24(32)23-15-28-16-30-23/h2-3,5-6,10,13-17,25H,4,7-9,11-12H2,1H3,(H,28,30). The van der Waals surface area contributed by atoms with E-state index in [1.54, 1.807) is 12.5 Å². The van der Waals surface area contributed by atoms with Crippen molar-refractivity contribution in [3.8, 4) is 0 Å². The molecule has 0 saturated carbocycles. The number of aromatic amines is 1. The number of carbonyl (C=O) groups excluding carboxylic acids is 1. The van der Waals surface area contributed by atoms with Gasteiger partial charge in [0.1, 0.15) is 5.69 Å². The highest BCUT2D eigenvalue weighted by Gasteiger charge is 2.33. The molecular weight excluding hydrogens is 420 g/mol. The highest BCUT2D eigenvalue weighted by Crippen LogP contribution is 2.45. The molecule has 1 N–H and O–H groups in total. The Morgan fingerprint density at radius 3 is 2.84 bits per heavy atom.